The van der Waals surface area contributed by atoms with Crippen LogP contribution in [-0.2, 0) is 0 Å². The highest BCUT2D eigenvalue weighted by atomic mass is 35.5. The number of aromatic nitrogens is 1. The highest BCUT2D eigenvalue weighted by molar-refractivity contribution is 7.10. The minimum Gasteiger partial charge on any atom is -0.296 e. The molecule has 11 heavy (non-hydrogen) atoms. The van der Waals surface area contributed by atoms with Gasteiger partial charge in [-0.05, 0) is 6.08 Å². The lowest BCUT2D eigenvalue weighted by Crippen LogP contribution is -1.77. The lowest BCUT2D eigenvalue weighted by molar-refractivity contribution is 0.111. The van der Waals surface area contributed by atoms with Gasteiger partial charge in [-0.25, -0.2) is 4.98 Å². The van der Waals surface area contributed by atoms with E-state index in [0.717, 1.165) is 11.3 Å². The van der Waals surface area contributed by atoms with Gasteiger partial charge in [-0.3, -0.25) is 4.79 Å². The van der Waals surface area contributed by atoms with Crippen molar-refractivity contribution in [1.29, 1.82) is 0 Å². The molecular formula is C7H6ClNOS. The van der Waals surface area contributed by atoms with Gasteiger partial charge in [-0.1, -0.05) is 6.08 Å². The number of hydrogen-bond acceptors (Lipinski definition) is 3. The molecule has 0 unspecified atom stereocenters. The highest BCUT2D eigenvalue weighted by Gasteiger charge is 1.94. The van der Waals surface area contributed by atoms with Crippen molar-refractivity contribution in [2.75, 3.05) is 5.88 Å². The van der Waals surface area contributed by atoms with Crippen molar-refractivity contribution in [3.63, 3.8) is 0 Å². The van der Waals surface area contributed by atoms with Crippen LogP contribution in [0.3, 0.4) is 0 Å². The number of halogens is 1. The summed E-state index contributed by atoms with van der Waals surface area (Å²) in [7, 11) is 0. The van der Waals surface area contributed by atoms with Crippen molar-refractivity contribution in [2.45, 2.75) is 0 Å². The average molecular weight is 188 g/mol. The maximum atomic E-state index is 10.2. The number of rotatable bonds is 3. The SMILES string of the molecule is O=Cc1csc(C=CCCl)n1. The van der Waals surface area contributed by atoms with Gasteiger partial charge in [0, 0.05) is 11.3 Å². The third kappa shape index (κ3) is 2.44. The van der Waals surface area contributed by atoms with Crippen LogP contribution < -0.4 is 0 Å². The maximum Gasteiger partial charge on any atom is 0.169 e. The summed E-state index contributed by atoms with van der Waals surface area (Å²) >= 11 is 6.84. The van der Waals surface area contributed by atoms with Crippen LogP contribution in [0.1, 0.15) is 15.5 Å². The van der Waals surface area contributed by atoms with Gasteiger partial charge < -0.3 is 0 Å². The fourth-order valence-electron chi connectivity index (χ4n) is 0.577. The van der Waals surface area contributed by atoms with Gasteiger partial charge in [0.15, 0.2) is 6.29 Å². The number of allylic oxidation sites excluding steroid dienone is 1. The Morgan fingerprint density at radius 1 is 1.73 bits per heavy atom. The zero-order chi connectivity index (χ0) is 8.10. The summed E-state index contributed by atoms with van der Waals surface area (Å²) in [6, 6.07) is 0. The van der Waals surface area contributed by atoms with Crippen LogP contribution in [0.2, 0.25) is 0 Å². The third-order valence-corrected chi connectivity index (χ3v) is 2.02. The molecule has 0 aliphatic heterocycles. The number of carbonyl (C=O) groups excluding carboxylic acids is 1. The molecule has 2 nitrogen and oxygen atoms in total. The summed E-state index contributed by atoms with van der Waals surface area (Å²) in [5.74, 6) is 0.468. The van der Waals surface area contributed by atoms with Gasteiger partial charge in [0.1, 0.15) is 10.7 Å². The summed E-state index contributed by atoms with van der Waals surface area (Å²) in [5.41, 5.74) is 0.476. The van der Waals surface area contributed by atoms with Crippen LogP contribution in [0.15, 0.2) is 11.5 Å². The molecule has 0 radical (unpaired) electrons. The van der Waals surface area contributed by atoms with E-state index in [-0.39, 0.29) is 0 Å². The number of aldehydes is 1. The minimum absolute atomic E-state index is 0.468. The number of alkyl halides is 1. The van der Waals surface area contributed by atoms with Crippen molar-refractivity contribution in [1.82, 2.24) is 4.98 Å². The van der Waals surface area contributed by atoms with Gasteiger partial charge in [-0.2, -0.15) is 0 Å². The van der Waals surface area contributed by atoms with Crippen molar-refractivity contribution in [2.24, 2.45) is 0 Å². The predicted molar refractivity (Wildman–Crippen MR) is 47.3 cm³/mol. The molecule has 0 spiro atoms. The van der Waals surface area contributed by atoms with E-state index in [1.165, 1.54) is 11.3 Å². The molecule has 0 amide bonds. The Balaban J connectivity index is 2.72. The average Bonchev–Trinajstić information content (AvgIpc) is 2.48. The molecule has 0 aromatic carbocycles. The first-order valence-electron chi connectivity index (χ1n) is 3.00. The van der Waals surface area contributed by atoms with Crippen molar-refractivity contribution >= 4 is 35.3 Å². The summed E-state index contributed by atoms with van der Waals surface area (Å²) in [6.45, 7) is 0. The lowest BCUT2D eigenvalue weighted by atomic mass is 10.5. The van der Waals surface area contributed by atoms with Crippen LogP contribution in [0, 0.1) is 0 Å². The molecule has 0 fully saturated rings. The van der Waals surface area contributed by atoms with E-state index >= 15 is 0 Å². The number of carbonyl (C=O) groups is 1. The number of nitrogens with zero attached hydrogens (tertiary/aromatic N) is 1. The summed E-state index contributed by atoms with van der Waals surface area (Å²) < 4.78 is 0. The Bertz CT molecular complexity index is 269. The van der Waals surface area contributed by atoms with Crippen molar-refractivity contribution in [3.8, 4) is 0 Å². The molecule has 58 valence electrons. The fourth-order valence-corrected chi connectivity index (χ4v) is 1.35. The van der Waals surface area contributed by atoms with Crippen LogP contribution >= 0.6 is 22.9 Å². The van der Waals surface area contributed by atoms with Crippen LogP contribution in [0.25, 0.3) is 6.08 Å². The molecule has 0 aliphatic carbocycles. The molecule has 1 heterocycles. The topological polar surface area (TPSA) is 30.0 Å². The van der Waals surface area contributed by atoms with Crippen LogP contribution in [0.4, 0.5) is 0 Å². The minimum atomic E-state index is 0.468. The maximum absolute atomic E-state index is 10.2. The van der Waals surface area contributed by atoms with Crippen molar-refractivity contribution in [3.05, 3.63) is 22.2 Å². The van der Waals surface area contributed by atoms with Crippen LogP contribution in [0.5, 0.6) is 0 Å². The number of hydrogen-bond donors (Lipinski definition) is 0. The molecule has 4 heteroatoms. The van der Waals surface area contributed by atoms with E-state index in [9.17, 15) is 4.79 Å². The molecule has 0 saturated heterocycles. The summed E-state index contributed by atoms with van der Waals surface area (Å²) in [6.07, 6.45) is 4.31. The second kappa shape index (κ2) is 4.26. The molecule has 1 rings (SSSR count). The number of thiazole rings is 1. The van der Waals surface area contributed by atoms with Gasteiger partial charge >= 0.3 is 0 Å². The van der Waals surface area contributed by atoms with Crippen LogP contribution in [-0.4, -0.2) is 17.2 Å². The zero-order valence-electron chi connectivity index (χ0n) is 5.66. The second-order valence-electron chi connectivity index (χ2n) is 1.79. The van der Waals surface area contributed by atoms with E-state index in [1.807, 2.05) is 0 Å². The van der Waals surface area contributed by atoms with Crippen molar-refractivity contribution < 1.29 is 4.79 Å². The molecule has 0 saturated carbocycles. The van der Waals surface area contributed by atoms with E-state index in [2.05, 4.69) is 4.98 Å². The lowest BCUT2D eigenvalue weighted by Gasteiger charge is -1.78. The Labute approximate surface area is 73.5 Å². The largest absolute Gasteiger partial charge is 0.296 e. The Morgan fingerprint density at radius 2 is 2.55 bits per heavy atom. The smallest absolute Gasteiger partial charge is 0.169 e. The Kier molecular flexibility index (Phi) is 3.26. The molecular weight excluding hydrogens is 182 g/mol. The fraction of sp³-hybridized carbons (Fsp3) is 0.143. The highest BCUT2D eigenvalue weighted by Crippen LogP contribution is 2.09. The standard InChI is InChI=1S/C7H6ClNOS/c8-3-1-2-7-9-6(4-10)5-11-7/h1-2,4-5H,3H2. The quantitative estimate of drug-likeness (QED) is 0.537. The molecule has 0 atom stereocenters. The van der Waals surface area contributed by atoms with Gasteiger partial charge in [0.25, 0.3) is 0 Å². The second-order valence-corrected chi connectivity index (χ2v) is 2.98. The molecule has 1 aromatic heterocycles. The Hall–Kier alpha value is -0.670. The zero-order valence-corrected chi connectivity index (χ0v) is 7.23. The summed E-state index contributed by atoms with van der Waals surface area (Å²) in [4.78, 5) is 14.2. The van der Waals surface area contributed by atoms with Gasteiger partial charge in [0.2, 0.25) is 0 Å². The molecule has 0 bridgehead atoms. The molecule has 0 aliphatic rings. The first kappa shape index (κ1) is 8.43. The first-order valence-corrected chi connectivity index (χ1v) is 4.41. The molecule has 1 aromatic rings. The van der Waals surface area contributed by atoms with E-state index < -0.39 is 0 Å². The van der Waals surface area contributed by atoms with E-state index in [4.69, 9.17) is 11.6 Å². The molecule has 0 N–H and O–H groups in total. The van der Waals surface area contributed by atoms with E-state index in [1.54, 1.807) is 17.5 Å². The summed E-state index contributed by atoms with van der Waals surface area (Å²) in [5, 5.41) is 2.52. The Morgan fingerprint density at radius 3 is 3.09 bits per heavy atom. The predicted octanol–water partition coefficient (Wildman–Crippen LogP) is 2.21. The third-order valence-electron chi connectivity index (χ3n) is 1.01. The normalized spacial score (nSPS) is 10.6. The van der Waals surface area contributed by atoms with Gasteiger partial charge in [-0.15, -0.1) is 22.9 Å². The first-order chi connectivity index (χ1) is 5.36. The monoisotopic (exact) mass is 187 g/mol. The van der Waals surface area contributed by atoms with E-state index in [0.29, 0.717) is 11.6 Å². The van der Waals surface area contributed by atoms with Gasteiger partial charge in [0.05, 0.1) is 0 Å².